The molecule has 33 heavy (non-hydrogen) atoms. The predicted molar refractivity (Wildman–Crippen MR) is 128 cm³/mol. The number of nitrogens with one attached hydrogen (secondary N) is 2. The van der Waals surface area contributed by atoms with E-state index >= 15 is 0 Å². The van der Waals surface area contributed by atoms with Crippen molar-refractivity contribution in [3.05, 3.63) is 71.3 Å². The third-order valence-corrected chi connectivity index (χ3v) is 7.99. The monoisotopic (exact) mass is 444 g/mol. The molecule has 0 aliphatic heterocycles. The minimum atomic E-state index is -1.05. The van der Waals surface area contributed by atoms with E-state index in [0.717, 1.165) is 24.8 Å². The Morgan fingerprint density at radius 1 is 0.909 bits per heavy atom. The molecule has 6 rings (SSSR count). The van der Waals surface area contributed by atoms with Crippen LogP contribution in [0.3, 0.4) is 0 Å². The van der Waals surface area contributed by atoms with Gasteiger partial charge in [0.05, 0.1) is 0 Å². The highest BCUT2D eigenvalue weighted by molar-refractivity contribution is 6.11. The number of amides is 1. The minimum Gasteiger partial charge on any atom is -0.384 e. The lowest BCUT2D eigenvalue weighted by Gasteiger charge is -2.57. The zero-order valence-corrected chi connectivity index (χ0v) is 18.8. The van der Waals surface area contributed by atoms with Crippen LogP contribution in [0.2, 0.25) is 0 Å². The average Bonchev–Trinajstić information content (AvgIpc) is 2.78. The number of nitrogens with two attached hydrogens (primary N) is 2. The summed E-state index contributed by atoms with van der Waals surface area (Å²) in [5.74, 6) is 0.250. The molecule has 4 fully saturated rings. The van der Waals surface area contributed by atoms with Crippen molar-refractivity contribution in [1.82, 2.24) is 5.32 Å². The summed E-state index contributed by atoms with van der Waals surface area (Å²) < 4.78 is 0. The number of carbonyl (C=O) groups is 2. The topological polar surface area (TPSA) is 122 Å². The van der Waals surface area contributed by atoms with Gasteiger partial charge in [0.1, 0.15) is 11.8 Å². The fraction of sp³-hybridized carbons (Fsp3) is 0.444. The van der Waals surface area contributed by atoms with Crippen molar-refractivity contribution in [1.29, 1.82) is 5.41 Å². The number of carbonyl (C=O) groups excluding carboxylic acids is 2. The predicted octanol–water partition coefficient (Wildman–Crippen LogP) is 3.55. The van der Waals surface area contributed by atoms with Crippen molar-refractivity contribution >= 4 is 17.5 Å². The molecule has 0 aromatic heterocycles. The molecule has 6 N–H and O–H groups in total. The first-order chi connectivity index (χ1) is 15.8. The largest absolute Gasteiger partial charge is 0.384 e. The molecule has 2 aromatic rings. The van der Waals surface area contributed by atoms with Crippen LogP contribution in [0.25, 0.3) is 0 Å². The number of hydrogen-bond acceptors (Lipinski definition) is 4. The van der Waals surface area contributed by atoms with Crippen molar-refractivity contribution < 1.29 is 9.59 Å². The summed E-state index contributed by atoms with van der Waals surface area (Å²) in [6, 6.07) is 15.2. The van der Waals surface area contributed by atoms with Crippen molar-refractivity contribution in [2.45, 2.75) is 50.1 Å². The highest BCUT2D eigenvalue weighted by atomic mass is 16.2. The lowest BCUT2D eigenvalue weighted by molar-refractivity contribution is -0.130. The van der Waals surface area contributed by atoms with Crippen molar-refractivity contribution in [3.8, 4) is 0 Å². The molecule has 0 radical (unpaired) electrons. The Hall–Kier alpha value is -2.99. The highest BCUT2D eigenvalue weighted by Crippen LogP contribution is 2.55. The molecule has 6 nitrogen and oxygen atoms in total. The van der Waals surface area contributed by atoms with E-state index in [0.29, 0.717) is 28.9 Å². The van der Waals surface area contributed by atoms with Gasteiger partial charge in [0.15, 0.2) is 5.78 Å². The van der Waals surface area contributed by atoms with Gasteiger partial charge in [0.25, 0.3) is 0 Å². The number of hydrogen-bond donors (Lipinski definition) is 4. The van der Waals surface area contributed by atoms with Gasteiger partial charge in [0, 0.05) is 22.7 Å². The quantitative estimate of drug-likeness (QED) is 0.226. The number of Topliss-reactive ketones (excluding diaryl/α,β-unsaturated/α-hetero) is 1. The molecule has 4 saturated carbocycles. The van der Waals surface area contributed by atoms with Crippen molar-refractivity contribution in [2.24, 2.45) is 35.1 Å². The van der Waals surface area contributed by atoms with Gasteiger partial charge in [-0.2, -0.15) is 0 Å². The lowest BCUT2D eigenvalue weighted by atomic mass is 9.53. The number of nitrogen functional groups attached to an aromatic ring is 1. The van der Waals surface area contributed by atoms with E-state index < -0.39 is 12.0 Å². The molecule has 0 saturated heterocycles. The van der Waals surface area contributed by atoms with Gasteiger partial charge in [-0.1, -0.05) is 48.5 Å². The van der Waals surface area contributed by atoms with Gasteiger partial charge in [-0.15, -0.1) is 0 Å². The average molecular weight is 445 g/mol. The van der Waals surface area contributed by atoms with Crippen molar-refractivity contribution in [2.75, 3.05) is 0 Å². The fourth-order valence-electron chi connectivity index (χ4n) is 6.94. The third kappa shape index (κ3) is 4.20. The minimum absolute atomic E-state index is 0.119. The molecule has 2 aromatic carbocycles. The van der Waals surface area contributed by atoms with Crippen molar-refractivity contribution in [3.63, 3.8) is 0 Å². The van der Waals surface area contributed by atoms with Crippen LogP contribution in [0.1, 0.15) is 66.1 Å². The van der Waals surface area contributed by atoms with E-state index in [1.165, 1.54) is 19.3 Å². The SMILES string of the molecule is N=C(N)c1cccc(C(=O)[C@@H](C(=O)NC23CC4CC(CC(C4)C2)C3)[C@@H](N)c2ccccc2)c1. The van der Waals surface area contributed by atoms with E-state index in [2.05, 4.69) is 5.32 Å². The van der Waals surface area contributed by atoms with Crippen LogP contribution in [0.15, 0.2) is 54.6 Å². The molecule has 0 spiro atoms. The molecular weight excluding hydrogens is 412 g/mol. The second-order valence-corrected chi connectivity index (χ2v) is 10.5. The van der Waals surface area contributed by atoms with E-state index in [-0.39, 0.29) is 23.1 Å². The molecule has 0 unspecified atom stereocenters. The maximum Gasteiger partial charge on any atom is 0.233 e. The fourth-order valence-corrected chi connectivity index (χ4v) is 6.94. The van der Waals surface area contributed by atoms with Crippen LogP contribution in [0.5, 0.6) is 0 Å². The second-order valence-electron chi connectivity index (χ2n) is 10.5. The summed E-state index contributed by atoms with van der Waals surface area (Å²) >= 11 is 0. The van der Waals surface area contributed by atoms with E-state index in [4.69, 9.17) is 16.9 Å². The molecule has 4 bridgehead atoms. The number of ketones is 1. The first-order valence-corrected chi connectivity index (χ1v) is 11.9. The smallest absolute Gasteiger partial charge is 0.233 e. The van der Waals surface area contributed by atoms with E-state index in [1.807, 2.05) is 30.3 Å². The first-order valence-electron chi connectivity index (χ1n) is 11.9. The zero-order chi connectivity index (χ0) is 23.2. The Bertz CT molecular complexity index is 1050. The van der Waals surface area contributed by atoms with E-state index in [9.17, 15) is 9.59 Å². The molecular formula is C27H32N4O2. The summed E-state index contributed by atoms with van der Waals surface area (Å²) in [7, 11) is 0. The summed E-state index contributed by atoms with van der Waals surface area (Å²) in [5, 5.41) is 11.1. The maximum atomic E-state index is 13.8. The van der Waals surface area contributed by atoms with Crippen LogP contribution < -0.4 is 16.8 Å². The Balaban J connectivity index is 1.46. The molecule has 2 atom stereocenters. The third-order valence-electron chi connectivity index (χ3n) is 7.99. The maximum absolute atomic E-state index is 13.8. The normalized spacial score (nSPS) is 29.3. The van der Waals surface area contributed by atoms with Gasteiger partial charge in [-0.25, -0.2) is 0 Å². The van der Waals surface area contributed by atoms with Crippen LogP contribution in [-0.4, -0.2) is 23.1 Å². The highest BCUT2D eigenvalue weighted by Gasteiger charge is 2.52. The van der Waals surface area contributed by atoms with Gasteiger partial charge < -0.3 is 16.8 Å². The number of amidine groups is 1. The Morgan fingerprint density at radius 3 is 2.06 bits per heavy atom. The van der Waals surface area contributed by atoms with Crippen LogP contribution in [0.4, 0.5) is 0 Å². The Labute approximate surface area is 194 Å². The first kappa shape index (κ1) is 21.8. The second kappa shape index (κ2) is 8.41. The number of rotatable bonds is 7. The lowest BCUT2D eigenvalue weighted by Crippen LogP contribution is -2.61. The standard InChI is InChI=1S/C27H32N4O2/c28-23(19-5-2-1-3-6-19)22(24(32)20-7-4-8-21(12-20)25(29)30)26(33)31-27-13-16-9-17(14-27)11-18(10-16)15-27/h1-8,12,16-18,22-23H,9-11,13-15,28H2,(H3,29,30)(H,31,33)/t16?,17?,18?,22-,23-,27?/m0/s1. The van der Waals surface area contributed by atoms with Crippen LogP contribution in [-0.2, 0) is 4.79 Å². The Morgan fingerprint density at radius 2 is 1.48 bits per heavy atom. The van der Waals surface area contributed by atoms with Gasteiger partial charge in [0.2, 0.25) is 5.91 Å². The molecule has 172 valence electrons. The Kier molecular flexibility index (Phi) is 5.57. The van der Waals surface area contributed by atoms with Crippen LogP contribution >= 0.6 is 0 Å². The van der Waals surface area contributed by atoms with Gasteiger partial charge in [-0.3, -0.25) is 15.0 Å². The zero-order valence-electron chi connectivity index (χ0n) is 18.8. The molecule has 4 aliphatic rings. The molecule has 4 aliphatic carbocycles. The molecule has 0 heterocycles. The summed E-state index contributed by atoms with van der Waals surface area (Å²) in [5.41, 5.74) is 13.6. The van der Waals surface area contributed by atoms with E-state index in [1.54, 1.807) is 24.3 Å². The van der Waals surface area contributed by atoms with Gasteiger partial charge >= 0.3 is 0 Å². The van der Waals surface area contributed by atoms with Crippen LogP contribution in [0, 0.1) is 29.1 Å². The van der Waals surface area contributed by atoms with Gasteiger partial charge in [-0.05, 0) is 67.9 Å². The number of benzene rings is 2. The summed E-state index contributed by atoms with van der Waals surface area (Å²) in [4.78, 5) is 27.5. The molecule has 6 heteroatoms. The summed E-state index contributed by atoms with van der Waals surface area (Å²) in [6.45, 7) is 0. The molecule has 1 amide bonds. The summed E-state index contributed by atoms with van der Waals surface area (Å²) in [6.07, 6.45) is 6.85.